The number of carbonyl (C=O) groups excluding carboxylic acids is 1. The Balaban J connectivity index is 3.15. The van der Waals surface area contributed by atoms with Crippen LogP contribution in [0.2, 0.25) is 10.0 Å². The molecular weight excluding hydrogens is 333 g/mol. The predicted molar refractivity (Wildman–Crippen MR) is 77.6 cm³/mol. The van der Waals surface area contributed by atoms with E-state index >= 15 is 0 Å². The number of benzene rings is 1. The van der Waals surface area contributed by atoms with Crippen LogP contribution in [0.15, 0.2) is 17.0 Å². The van der Waals surface area contributed by atoms with E-state index in [1.54, 1.807) is 6.92 Å². The zero-order valence-corrected chi connectivity index (χ0v) is 13.3. The highest BCUT2D eigenvalue weighted by Gasteiger charge is 2.19. The number of rotatable bonds is 4. The Morgan fingerprint density at radius 1 is 1.32 bits per heavy atom. The molecule has 8 heteroatoms. The van der Waals surface area contributed by atoms with Crippen LogP contribution in [-0.4, -0.2) is 14.3 Å². The number of hydrogen-bond acceptors (Lipinski definition) is 3. The highest BCUT2D eigenvalue weighted by molar-refractivity contribution is 8.13. The third-order valence-corrected chi connectivity index (χ3v) is 4.53. The summed E-state index contributed by atoms with van der Waals surface area (Å²) in [4.78, 5) is 11.5. The fourth-order valence-corrected chi connectivity index (χ4v) is 2.74. The molecule has 1 atom stereocenters. The van der Waals surface area contributed by atoms with Crippen molar-refractivity contribution in [2.45, 2.75) is 25.2 Å². The van der Waals surface area contributed by atoms with Crippen molar-refractivity contribution in [2.75, 3.05) is 5.32 Å². The van der Waals surface area contributed by atoms with Gasteiger partial charge in [0.05, 0.1) is 20.6 Å². The molecule has 0 heterocycles. The highest BCUT2D eigenvalue weighted by Crippen LogP contribution is 2.34. The Bertz CT molecular complexity index is 578. The SMILES string of the molecule is CCC(C)C(=O)Nc1c(Cl)cc(S(=O)(=O)Cl)cc1Cl. The molecule has 0 bridgehead atoms. The van der Waals surface area contributed by atoms with Gasteiger partial charge in [-0.15, -0.1) is 0 Å². The monoisotopic (exact) mass is 343 g/mol. The third-order valence-electron chi connectivity index (χ3n) is 2.61. The summed E-state index contributed by atoms with van der Waals surface area (Å²) in [5.74, 6) is -0.448. The van der Waals surface area contributed by atoms with Crippen LogP contribution in [0.3, 0.4) is 0 Å². The number of hydrogen-bond donors (Lipinski definition) is 1. The smallest absolute Gasteiger partial charge is 0.261 e. The van der Waals surface area contributed by atoms with Crippen LogP contribution in [-0.2, 0) is 13.8 Å². The number of anilines is 1. The van der Waals surface area contributed by atoms with E-state index in [-0.39, 0.29) is 32.5 Å². The van der Waals surface area contributed by atoms with Gasteiger partial charge in [0.15, 0.2) is 0 Å². The minimum Gasteiger partial charge on any atom is -0.323 e. The molecule has 19 heavy (non-hydrogen) atoms. The van der Waals surface area contributed by atoms with Crippen LogP contribution in [0.1, 0.15) is 20.3 Å². The Labute approximate surface area is 126 Å². The molecule has 106 valence electrons. The van der Waals surface area contributed by atoms with Gasteiger partial charge in [-0.05, 0) is 18.6 Å². The molecule has 0 saturated heterocycles. The molecule has 0 aromatic heterocycles. The van der Waals surface area contributed by atoms with E-state index < -0.39 is 9.05 Å². The molecular formula is C11H12Cl3NO3S. The second kappa shape index (κ2) is 6.31. The Kier molecular flexibility index (Phi) is 5.50. The molecule has 4 nitrogen and oxygen atoms in total. The first-order chi connectivity index (χ1) is 8.66. The molecule has 1 N–H and O–H groups in total. The van der Waals surface area contributed by atoms with Gasteiger partial charge in [0.2, 0.25) is 5.91 Å². The van der Waals surface area contributed by atoms with Crippen molar-refractivity contribution in [1.82, 2.24) is 0 Å². The summed E-state index contributed by atoms with van der Waals surface area (Å²) in [7, 11) is 1.28. The van der Waals surface area contributed by atoms with Crippen LogP contribution < -0.4 is 5.32 Å². The van der Waals surface area contributed by atoms with E-state index in [1.807, 2.05) is 6.92 Å². The largest absolute Gasteiger partial charge is 0.323 e. The molecule has 0 spiro atoms. The van der Waals surface area contributed by atoms with Gasteiger partial charge < -0.3 is 5.32 Å². The first kappa shape index (κ1) is 16.6. The van der Waals surface area contributed by atoms with Crippen LogP contribution in [0.25, 0.3) is 0 Å². The molecule has 1 aromatic carbocycles. The van der Waals surface area contributed by atoms with Gasteiger partial charge >= 0.3 is 0 Å². The number of halogens is 3. The summed E-state index contributed by atoms with van der Waals surface area (Å²) in [6, 6.07) is 2.28. The van der Waals surface area contributed by atoms with Gasteiger partial charge in [-0.1, -0.05) is 37.0 Å². The van der Waals surface area contributed by atoms with Crippen LogP contribution in [0, 0.1) is 5.92 Å². The molecule has 1 rings (SSSR count). The van der Waals surface area contributed by atoms with Crippen molar-refractivity contribution in [3.05, 3.63) is 22.2 Å². The normalized spacial score (nSPS) is 13.1. The molecule has 1 unspecified atom stereocenters. The third kappa shape index (κ3) is 4.24. The van der Waals surface area contributed by atoms with Gasteiger partial charge in [-0.2, -0.15) is 0 Å². The molecule has 1 aromatic rings. The van der Waals surface area contributed by atoms with Crippen molar-refractivity contribution in [3.63, 3.8) is 0 Å². The zero-order chi connectivity index (χ0) is 14.8. The second-order valence-corrected chi connectivity index (χ2v) is 7.38. The average Bonchev–Trinajstić information content (AvgIpc) is 2.30. The minimum atomic E-state index is -3.92. The summed E-state index contributed by atoms with van der Waals surface area (Å²) >= 11 is 11.8. The zero-order valence-electron chi connectivity index (χ0n) is 10.2. The molecule has 0 radical (unpaired) electrons. The van der Waals surface area contributed by atoms with Gasteiger partial charge in [0.1, 0.15) is 0 Å². The Hall–Kier alpha value is -0.490. The van der Waals surface area contributed by atoms with Gasteiger partial charge in [-0.25, -0.2) is 8.42 Å². The van der Waals surface area contributed by atoms with Crippen molar-refractivity contribution >= 4 is 54.5 Å². The molecule has 0 fully saturated rings. The van der Waals surface area contributed by atoms with Crippen molar-refractivity contribution in [2.24, 2.45) is 5.92 Å². The molecule has 0 saturated carbocycles. The second-order valence-electron chi connectivity index (χ2n) is 4.00. The number of carbonyl (C=O) groups is 1. The molecule has 1 amide bonds. The van der Waals surface area contributed by atoms with E-state index in [9.17, 15) is 13.2 Å². The van der Waals surface area contributed by atoms with Crippen LogP contribution in [0.5, 0.6) is 0 Å². The van der Waals surface area contributed by atoms with Gasteiger partial charge in [-0.3, -0.25) is 4.79 Å². The Morgan fingerprint density at radius 3 is 2.16 bits per heavy atom. The summed E-state index contributed by atoms with van der Waals surface area (Å²) in [5.41, 5.74) is 0.178. The lowest BCUT2D eigenvalue weighted by Gasteiger charge is -2.13. The lowest BCUT2D eigenvalue weighted by Crippen LogP contribution is -2.20. The first-order valence-corrected chi connectivity index (χ1v) is 8.48. The van der Waals surface area contributed by atoms with E-state index in [4.69, 9.17) is 33.9 Å². The van der Waals surface area contributed by atoms with Crippen molar-refractivity contribution in [3.8, 4) is 0 Å². The number of amides is 1. The maximum atomic E-state index is 11.8. The van der Waals surface area contributed by atoms with Gasteiger partial charge in [0, 0.05) is 16.6 Å². The summed E-state index contributed by atoms with van der Waals surface area (Å²) in [6.45, 7) is 3.63. The molecule has 0 aliphatic rings. The fraction of sp³-hybridized carbons (Fsp3) is 0.364. The lowest BCUT2D eigenvalue weighted by molar-refractivity contribution is -0.119. The summed E-state index contributed by atoms with van der Waals surface area (Å²) in [5, 5.41) is 2.60. The van der Waals surface area contributed by atoms with Crippen LogP contribution in [0.4, 0.5) is 5.69 Å². The van der Waals surface area contributed by atoms with Gasteiger partial charge in [0.25, 0.3) is 9.05 Å². The number of nitrogens with one attached hydrogen (secondary N) is 1. The first-order valence-electron chi connectivity index (χ1n) is 5.41. The summed E-state index contributed by atoms with van der Waals surface area (Å²) in [6.07, 6.45) is 0.662. The molecule has 0 aliphatic heterocycles. The molecule has 0 aliphatic carbocycles. The summed E-state index contributed by atoms with van der Waals surface area (Å²) < 4.78 is 22.4. The standard InChI is InChI=1S/C11H12Cl3NO3S/c1-3-6(2)11(16)15-10-8(12)4-7(5-9(10)13)19(14,17)18/h4-6H,3H2,1-2H3,(H,15,16). The average molecular weight is 345 g/mol. The quantitative estimate of drug-likeness (QED) is 0.842. The topological polar surface area (TPSA) is 63.2 Å². The highest BCUT2D eigenvalue weighted by atomic mass is 35.7. The fourth-order valence-electron chi connectivity index (χ4n) is 1.24. The maximum Gasteiger partial charge on any atom is 0.261 e. The predicted octanol–water partition coefficient (Wildman–Crippen LogP) is 3.91. The van der Waals surface area contributed by atoms with Crippen LogP contribution >= 0.6 is 33.9 Å². The van der Waals surface area contributed by atoms with E-state index in [0.29, 0.717) is 6.42 Å². The lowest BCUT2D eigenvalue weighted by atomic mass is 10.1. The van der Waals surface area contributed by atoms with Crippen molar-refractivity contribution in [1.29, 1.82) is 0 Å². The van der Waals surface area contributed by atoms with E-state index in [1.165, 1.54) is 0 Å². The Morgan fingerprint density at radius 2 is 1.79 bits per heavy atom. The van der Waals surface area contributed by atoms with Crippen molar-refractivity contribution < 1.29 is 13.2 Å². The maximum absolute atomic E-state index is 11.8. The minimum absolute atomic E-state index is 0.0170. The van der Waals surface area contributed by atoms with E-state index in [0.717, 1.165) is 12.1 Å². The van der Waals surface area contributed by atoms with E-state index in [2.05, 4.69) is 5.32 Å².